The van der Waals surface area contributed by atoms with Crippen LogP contribution in [0, 0.1) is 20.2 Å². The molecule has 0 radical (unpaired) electrons. The first kappa shape index (κ1) is 33.7. The molecule has 1 amide bonds. The normalized spacial score (nSPS) is 11.0. The number of amides is 1. The van der Waals surface area contributed by atoms with Crippen LogP contribution >= 0.6 is 0 Å². The van der Waals surface area contributed by atoms with Crippen LogP contribution < -0.4 is 5.32 Å². The summed E-state index contributed by atoms with van der Waals surface area (Å²) in [6.45, 7) is 2.65. The molecule has 0 bridgehead atoms. The lowest BCUT2D eigenvalue weighted by molar-refractivity contribution is -0.387. The molecule has 0 aromatic heterocycles. The highest BCUT2D eigenvalue weighted by Crippen LogP contribution is 2.37. The zero-order chi connectivity index (χ0) is 29.7. The van der Waals surface area contributed by atoms with Gasteiger partial charge in [-0.15, -0.1) is 0 Å². The highest BCUT2D eigenvalue weighted by Gasteiger charge is 2.31. The number of benzene rings is 2. The molecule has 0 atom stereocenters. The standard InChI is InChI=1S/C32H47N3O6/c1-2-3-4-5-6-7-8-9-10-11-12-13-14-15-16-21-26-33-32(36)41-31(27-22-17-19-24-29(27)34(37)38)28-23-18-20-25-30(28)35(39)40/h17-20,22-25,31H,2-16,21,26H2,1H3,(H,33,36). The molecule has 0 aliphatic rings. The number of para-hydroxylation sites is 2. The fourth-order valence-electron chi connectivity index (χ4n) is 5.06. The Bertz CT molecular complexity index is 1000. The number of nitro groups is 2. The number of ether oxygens (including phenoxy) is 1. The highest BCUT2D eigenvalue weighted by atomic mass is 16.6. The lowest BCUT2D eigenvalue weighted by Crippen LogP contribution is -2.27. The van der Waals surface area contributed by atoms with Gasteiger partial charge >= 0.3 is 6.09 Å². The SMILES string of the molecule is CCCCCCCCCCCCCCCCCCNC(=O)OC(c1ccccc1[N+](=O)[O-])c1ccccc1[N+](=O)[O-]. The van der Waals surface area contributed by atoms with Crippen molar-refractivity contribution in [2.75, 3.05) is 6.54 Å². The van der Waals surface area contributed by atoms with Gasteiger partial charge in [-0.25, -0.2) is 4.79 Å². The van der Waals surface area contributed by atoms with Gasteiger partial charge in [-0.2, -0.15) is 0 Å². The summed E-state index contributed by atoms with van der Waals surface area (Å²) < 4.78 is 5.57. The van der Waals surface area contributed by atoms with E-state index in [9.17, 15) is 25.0 Å². The first-order valence-electron chi connectivity index (χ1n) is 15.4. The number of nitrogens with zero attached hydrogens (tertiary/aromatic N) is 2. The van der Waals surface area contributed by atoms with Gasteiger partial charge in [0.25, 0.3) is 11.4 Å². The molecule has 2 aromatic carbocycles. The van der Waals surface area contributed by atoms with Gasteiger partial charge in [0.05, 0.1) is 21.0 Å². The van der Waals surface area contributed by atoms with Crippen LogP contribution in [0.1, 0.15) is 127 Å². The number of carbonyl (C=O) groups is 1. The zero-order valence-electron chi connectivity index (χ0n) is 24.6. The molecule has 0 aliphatic heterocycles. The van der Waals surface area contributed by atoms with Crippen molar-refractivity contribution in [1.29, 1.82) is 0 Å². The number of hydrogen-bond donors (Lipinski definition) is 1. The Hall–Kier alpha value is -3.49. The number of hydrogen-bond acceptors (Lipinski definition) is 6. The van der Waals surface area contributed by atoms with Crippen molar-refractivity contribution >= 4 is 17.5 Å². The third-order valence-electron chi connectivity index (χ3n) is 7.36. The van der Waals surface area contributed by atoms with Crippen molar-refractivity contribution in [1.82, 2.24) is 5.32 Å². The van der Waals surface area contributed by atoms with Crippen molar-refractivity contribution in [3.05, 3.63) is 79.9 Å². The Morgan fingerprint density at radius 1 is 0.659 bits per heavy atom. The second kappa shape index (κ2) is 20.4. The lowest BCUT2D eigenvalue weighted by Gasteiger charge is -2.19. The van der Waals surface area contributed by atoms with E-state index in [1.807, 2.05) is 0 Å². The molecule has 0 aliphatic carbocycles. The summed E-state index contributed by atoms with van der Waals surface area (Å²) in [6.07, 6.45) is 18.1. The van der Waals surface area contributed by atoms with Gasteiger partial charge < -0.3 is 10.1 Å². The van der Waals surface area contributed by atoms with Crippen LogP contribution in [0.15, 0.2) is 48.5 Å². The Morgan fingerprint density at radius 2 is 1.02 bits per heavy atom. The molecule has 1 N–H and O–H groups in total. The maximum Gasteiger partial charge on any atom is 0.408 e. The molecular formula is C32H47N3O6. The maximum atomic E-state index is 12.6. The van der Waals surface area contributed by atoms with Gasteiger partial charge in [-0.3, -0.25) is 20.2 Å². The van der Waals surface area contributed by atoms with Crippen molar-refractivity contribution in [3.8, 4) is 0 Å². The number of rotatable bonds is 22. The van der Waals surface area contributed by atoms with Gasteiger partial charge in [0.1, 0.15) is 0 Å². The second-order valence-electron chi connectivity index (χ2n) is 10.6. The average molecular weight is 570 g/mol. The molecule has 0 heterocycles. The van der Waals surface area contributed by atoms with Gasteiger partial charge in [0.2, 0.25) is 0 Å². The molecule has 41 heavy (non-hydrogen) atoms. The minimum absolute atomic E-state index is 0.0735. The fraction of sp³-hybridized carbons (Fsp3) is 0.594. The topological polar surface area (TPSA) is 125 Å². The second-order valence-corrected chi connectivity index (χ2v) is 10.6. The third kappa shape index (κ3) is 13.1. The minimum atomic E-state index is -1.30. The first-order chi connectivity index (χ1) is 20.0. The molecule has 226 valence electrons. The fourth-order valence-corrected chi connectivity index (χ4v) is 5.06. The highest BCUT2D eigenvalue weighted by molar-refractivity contribution is 5.68. The summed E-state index contributed by atoms with van der Waals surface area (Å²) in [7, 11) is 0. The van der Waals surface area contributed by atoms with E-state index in [-0.39, 0.29) is 22.5 Å². The number of nitro benzene ring substituents is 2. The molecular weight excluding hydrogens is 522 g/mol. The Balaban J connectivity index is 1.69. The van der Waals surface area contributed by atoms with Crippen molar-refractivity contribution in [2.24, 2.45) is 0 Å². The summed E-state index contributed by atoms with van der Waals surface area (Å²) in [5.74, 6) is 0. The quantitative estimate of drug-likeness (QED) is 0.0855. The maximum absolute atomic E-state index is 12.6. The lowest BCUT2D eigenvalue weighted by atomic mass is 9.98. The molecule has 0 fully saturated rings. The molecule has 2 rings (SSSR count). The Morgan fingerprint density at radius 3 is 1.41 bits per heavy atom. The predicted molar refractivity (Wildman–Crippen MR) is 162 cm³/mol. The van der Waals surface area contributed by atoms with Gasteiger partial charge in [-0.05, 0) is 18.6 Å². The molecule has 0 unspecified atom stereocenters. The number of nitrogens with one attached hydrogen (secondary N) is 1. The Kier molecular flexibility index (Phi) is 16.8. The average Bonchev–Trinajstić information content (AvgIpc) is 2.97. The van der Waals surface area contributed by atoms with Crippen LogP contribution in [-0.4, -0.2) is 22.5 Å². The monoisotopic (exact) mass is 569 g/mol. The van der Waals surface area contributed by atoms with E-state index in [0.717, 1.165) is 19.3 Å². The molecule has 9 nitrogen and oxygen atoms in total. The van der Waals surface area contributed by atoms with E-state index in [4.69, 9.17) is 4.74 Å². The van der Waals surface area contributed by atoms with Crippen molar-refractivity contribution in [2.45, 2.75) is 116 Å². The first-order valence-corrected chi connectivity index (χ1v) is 15.4. The molecule has 2 aromatic rings. The zero-order valence-corrected chi connectivity index (χ0v) is 24.6. The number of unbranched alkanes of at least 4 members (excludes halogenated alkanes) is 15. The van der Waals surface area contributed by atoms with E-state index < -0.39 is 22.0 Å². The Labute approximate surface area is 244 Å². The molecule has 0 saturated carbocycles. The largest absolute Gasteiger partial charge is 0.436 e. The summed E-state index contributed by atoms with van der Waals surface area (Å²) in [5, 5.41) is 25.9. The van der Waals surface area contributed by atoms with Crippen LogP contribution in [0.2, 0.25) is 0 Å². The molecule has 0 saturated heterocycles. The van der Waals surface area contributed by atoms with Crippen LogP contribution in [-0.2, 0) is 4.74 Å². The van der Waals surface area contributed by atoms with Crippen molar-refractivity contribution in [3.63, 3.8) is 0 Å². The summed E-state index contributed by atoms with van der Waals surface area (Å²) in [6, 6.07) is 11.6. The van der Waals surface area contributed by atoms with E-state index >= 15 is 0 Å². The van der Waals surface area contributed by atoms with Crippen LogP contribution in [0.3, 0.4) is 0 Å². The van der Waals surface area contributed by atoms with Gasteiger partial charge in [-0.1, -0.05) is 128 Å². The molecule has 0 spiro atoms. The van der Waals surface area contributed by atoms with E-state index in [0.29, 0.717) is 6.54 Å². The third-order valence-corrected chi connectivity index (χ3v) is 7.36. The summed E-state index contributed by atoms with van der Waals surface area (Å²) in [4.78, 5) is 34.7. The van der Waals surface area contributed by atoms with Gasteiger partial charge in [0.15, 0.2) is 6.10 Å². The summed E-state index contributed by atoms with van der Waals surface area (Å²) in [5.41, 5.74) is -0.406. The molecule has 9 heteroatoms. The smallest absolute Gasteiger partial charge is 0.408 e. The summed E-state index contributed by atoms with van der Waals surface area (Å²) >= 11 is 0. The van der Waals surface area contributed by atoms with Crippen molar-refractivity contribution < 1.29 is 19.4 Å². The minimum Gasteiger partial charge on any atom is -0.436 e. The van der Waals surface area contributed by atoms with Gasteiger partial charge in [0, 0.05) is 18.7 Å². The van der Waals surface area contributed by atoms with Crippen LogP contribution in [0.4, 0.5) is 16.2 Å². The number of carbonyl (C=O) groups excluding carboxylic acids is 1. The van der Waals surface area contributed by atoms with E-state index in [2.05, 4.69) is 12.2 Å². The van der Waals surface area contributed by atoms with E-state index in [1.54, 1.807) is 12.1 Å². The van der Waals surface area contributed by atoms with Crippen LogP contribution in [0.25, 0.3) is 0 Å². The van der Waals surface area contributed by atoms with Crippen LogP contribution in [0.5, 0.6) is 0 Å². The number of alkyl carbamates (subject to hydrolysis) is 1. The predicted octanol–water partition coefficient (Wildman–Crippen LogP) is 9.58. The van der Waals surface area contributed by atoms with E-state index in [1.165, 1.54) is 120 Å².